The van der Waals surface area contributed by atoms with Crippen LogP contribution in [0.2, 0.25) is 0 Å². The number of nitrogens with two attached hydrogens (primary N) is 2. The molecule has 0 spiro atoms. The Balaban J connectivity index is 2.13. The molecule has 0 aliphatic rings. The number of hydrogen-bond donors (Lipinski definition) is 3. The quantitative estimate of drug-likeness (QED) is 0.490. The van der Waals surface area contributed by atoms with Gasteiger partial charge in [-0.1, -0.05) is 18.1 Å². The first-order valence-corrected chi connectivity index (χ1v) is 8.89. The van der Waals surface area contributed by atoms with E-state index in [9.17, 15) is 9.59 Å². The summed E-state index contributed by atoms with van der Waals surface area (Å²) in [7, 11) is 0. The van der Waals surface area contributed by atoms with Crippen molar-refractivity contribution in [2.24, 2.45) is 5.73 Å². The van der Waals surface area contributed by atoms with Crippen molar-refractivity contribution >= 4 is 23.2 Å². The fourth-order valence-electron chi connectivity index (χ4n) is 2.82. The van der Waals surface area contributed by atoms with Gasteiger partial charge in [-0.3, -0.25) is 9.59 Å². The Morgan fingerprint density at radius 3 is 2.48 bits per heavy atom. The highest BCUT2D eigenvalue weighted by Gasteiger charge is 2.12. The molecule has 0 atom stereocenters. The molecule has 0 aliphatic heterocycles. The van der Waals surface area contributed by atoms with Crippen LogP contribution in [-0.4, -0.2) is 11.8 Å². The van der Waals surface area contributed by atoms with E-state index in [4.69, 9.17) is 16.7 Å². The summed E-state index contributed by atoms with van der Waals surface area (Å²) in [5, 5.41) is 12.1. The molecular weight excluding hydrogens is 340 g/mol. The molecule has 2 aromatic carbocycles. The molecule has 0 aromatic heterocycles. The molecule has 0 bridgehead atoms. The summed E-state index contributed by atoms with van der Waals surface area (Å²) in [5.74, 6) is -0.421. The van der Waals surface area contributed by atoms with Crippen molar-refractivity contribution in [2.75, 3.05) is 11.1 Å². The number of unbranched alkanes of at least 4 members (excludes halogenated alkanes) is 2. The Hall–Kier alpha value is -3.33. The fraction of sp³-hybridized carbons (Fsp3) is 0.286. The SMILES string of the molecule is Cc1ccc(NC(=O)CCCCCC(N)=O)c(-c2cc(C#N)ccc2N)c1. The van der Waals surface area contributed by atoms with E-state index in [1.807, 2.05) is 25.1 Å². The molecule has 27 heavy (non-hydrogen) atoms. The zero-order valence-corrected chi connectivity index (χ0v) is 15.4. The van der Waals surface area contributed by atoms with Crippen LogP contribution in [0.5, 0.6) is 0 Å². The maximum atomic E-state index is 12.3. The predicted molar refractivity (Wildman–Crippen MR) is 107 cm³/mol. The van der Waals surface area contributed by atoms with E-state index in [-0.39, 0.29) is 11.8 Å². The molecular formula is C21H24N4O2. The van der Waals surface area contributed by atoms with Crippen molar-refractivity contribution in [3.05, 3.63) is 47.5 Å². The molecule has 0 heterocycles. The average Bonchev–Trinajstić information content (AvgIpc) is 2.63. The zero-order chi connectivity index (χ0) is 19.8. The van der Waals surface area contributed by atoms with Gasteiger partial charge in [0.05, 0.1) is 11.6 Å². The second-order valence-corrected chi connectivity index (χ2v) is 6.54. The summed E-state index contributed by atoms with van der Waals surface area (Å²) >= 11 is 0. The standard InChI is InChI=1S/C21H24N4O2/c1-14-7-10-19(25-21(27)6-4-2-3-5-20(24)26)17(11-14)16-12-15(13-22)8-9-18(16)23/h7-12H,2-6,23H2,1H3,(H2,24,26)(H,25,27). The number of anilines is 2. The van der Waals surface area contributed by atoms with E-state index in [1.165, 1.54) is 0 Å². The molecule has 2 aromatic rings. The predicted octanol–water partition coefficient (Wildman–Crippen LogP) is 3.49. The molecule has 6 nitrogen and oxygen atoms in total. The third-order valence-corrected chi connectivity index (χ3v) is 4.25. The minimum Gasteiger partial charge on any atom is -0.398 e. The van der Waals surface area contributed by atoms with Gasteiger partial charge in [-0.05, 0) is 50.1 Å². The molecule has 0 fully saturated rings. The van der Waals surface area contributed by atoms with Gasteiger partial charge in [0.25, 0.3) is 0 Å². The van der Waals surface area contributed by atoms with Crippen molar-refractivity contribution in [1.29, 1.82) is 5.26 Å². The Kier molecular flexibility index (Phi) is 6.95. The second-order valence-electron chi connectivity index (χ2n) is 6.54. The molecule has 2 amide bonds. The summed E-state index contributed by atoms with van der Waals surface area (Å²) < 4.78 is 0. The Morgan fingerprint density at radius 2 is 1.78 bits per heavy atom. The molecule has 0 unspecified atom stereocenters. The van der Waals surface area contributed by atoms with Crippen molar-refractivity contribution in [2.45, 2.75) is 39.0 Å². The van der Waals surface area contributed by atoms with Crippen LogP contribution in [-0.2, 0) is 9.59 Å². The van der Waals surface area contributed by atoms with Crippen LogP contribution in [0.4, 0.5) is 11.4 Å². The van der Waals surface area contributed by atoms with Gasteiger partial charge in [0.2, 0.25) is 11.8 Å². The minimum absolute atomic E-state index is 0.103. The molecule has 6 heteroatoms. The van der Waals surface area contributed by atoms with Gasteiger partial charge in [0.1, 0.15) is 0 Å². The number of hydrogen-bond acceptors (Lipinski definition) is 4. The summed E-state index contributed by atoms with van der Waals surface area (Å²) in [6, 6.07) is 12.9. The number of rotatable bonds is 8. The highest BCUT2D eigenvalue weighted by molar-refractivity contribution is 5.97. The number of benzene rings is 2. The Morgan fingerprint density at radius 1 is 1.04 bits per heavy atom. The summed E-state index contributed by atoms with van der Waals surface area (Å²) in [4.78, 5) is 23.0. The highest BCUT2D eigenvalue weighted by atomic mass is 16.1. The number of primary amides is 1. The van der Waals surface area contributed by atoms with Crippen LogP contribution in [0.1, 0.15) is 43.2 Å². The molecule has 0 saturated heterocycles. The van der Waals surface area contributed by atoms with Crippen LogP contribution in [0, 0.1) is 18.3 Å². The normalized spacial score (nSPS) is 10.2. The van der Waals surface area contributed by atoms with Crippen LogP contribution < -0.4 is 16.8 Å². The first-order valence-electron chi connectivity index (χ1n) is 8.89. The topological polar surface area (TPSA) is 122 Å². The second kappa shape index (κ2) is 9.39. The minimum atomic E-state index is -0.319. The van der Waals surface area contributed by atoms with E-state index >= 15 is 0 Å². The number of carbonyl (C=O) groups is 2. The monoisotopic (exact) mass is 364 g/mol. The summed E-state index contributed by atoms with van der Waals surface area (Å²) in [6.45, 7) is 1.96. The average molecular weight is 364 g/mol. The van der Waals surface area contributed by atoms with Crippen molar-refractivity contribution in [1.82, 2.24) is 0 Å². The van der Waals surface area contributed by atoms with Crippen molar-refractivity contribution < 1.29 is 9.59 Å². The lowest BCUT2D eigenvalue weighted by Crippen LogP contribution is -2.13. The van der Waals surface area contributed by atoms with Gasteiger partial charge in [-0.15, -0.1) is 0 Å². The van der Waals surface area contributed by atoms with Gasteiger partial charge in [-0.25, -0.2) is 0 Å². The summed E-state index contributed by atoms with van der Waals surface area (Å²) in [5.41, 5.74) is 15.4. The smallest absolute Gasteiger partial charge is 0.224 e. The lowest BCUT2D eigenvalue weighted by Gasteiger charge is -2.14. The summed E-state index contributed by atoms with van der Waals surface area (Å²) in [6.07, 6.45) is 2.86. The Labute approximate surface area is 159 Å². The van der Waals surface area contributed by atoms with E-state index in [0.29, 0.717) is 42.6 Å². The molecule has 140 valence electrons. The van der Waals surface area contributed by atoms with Gasteiger partial charge in [0.15, 0.2) is 0 Å². The molecule has 0 saturated carbocycles. The number of nitrogens with zero attached hydrogens (tertiary/aromatic N) is 1. The maximum absolute atomic E-state index is 12.3. The lowest BCUT2D eigenvalue weighted by molar-refractivity contribution is -0.118. The van der Waals surface area contributed by atoms with Gasteiger partial charge in [-0.2, -0.15) is 5.26 Å². The fourth-order valence-corrected chi connectivity index (χ4v) is 2.82. The number of nitrogens with one attached hydrogen (secondary N) is 1. The van der Waals surface area contributed by atoms with Gasteiger partial charge in [0, 0.05) is 35.3 Å². The van der Waals surface area contributed by atoms with Crippen LogP contribution >= 0.6 is 0 Å². The maximum Gasteiger partial charge on any atom is 0.224 e. The molecule has 2 rings (SSSR count). The highest BCUT2D eigenvalue weighted by Crippen LogP contribution is 2.34. The van der Waals surface area contributed by atoms with E-state index in [1.54, 1.807) is 18.2 Å². The molecule has 0 aliphatic carbocycles. The number of carbonyl (C=O) groups excluding carboxylic acids is 2. The third kappa shape index (κ3) is 5.86. The number of aryl methyl sites for hydroxylation is 1. The third-order valence-electron chi connectivity index (χ3n) is 4.25. The van der Waals surface area contributed by atoms with Crippen LogP contribution in [0.15, 0.2) is 36.4 Å². The molecule has 5 N–H and O–H groups in total. The van der Waals surface area contributed by atoms with E-state index in [0.717, 1.165) is 23.1 Å². The van der Waals surface area contributed by atoms with Crippen molar-refractivity contribution in [3.8, 4) is 17.2 Å². The van der Waals surface area contributed by atoms with Crippen molar-refractivity contribution in [3.63, 3.8) is 0 Å². The van der Waals surface area contributed by atoms with E-state index < -0.39 is 0 Å². The number of nitrogen functional groups attached to an aromatic ring is 1. The largest absolute Gasteiger partial charge is 0.398 e. The first-order chi connectivity index (χ1) is 12.9. The number of amides is 2. The van der Waals surface area contributed by atoms with Crippen LogP contribution in [0.25, 0.3) is 11.1 Å². The first kappa shape index (κ1) is 20.0. The van der Waals surface area contributed by atoms with Crippen LogP contribution in [0.3, 0.4) is 0 Å². The van der Waals surface area contributed by atoms with E-state index in [2.05, 4.69) is 11.4 Å². The number of nitriles is 1. The Bertz CT molecular complexity index is 884. The lowest BCUT2D eigenvalue weighted by atomic mass is 9.98. The van der Waals surface area contributed by atoms with Gasteiger partial charge < -0.3 is 16.8 Å². The molecule has 0 radical (unpaired) electrons. The van der Waals surface area contributed by atoms with Gasteiger partial charge >= 0.3 is 0 Å². The zero-order valence-electron chi connectivity index (χ0n) is 15.4.